The normalized spacial score (nSPS) is 17.4. The van der Waals surface area contributed by atoms with Crippen LogP contribution >= 0.6 is 0 Å². The minimum atomic E-state index is -0.524. The number of cyclic esters (lactones) is 1. The molecule has 1 atom stereocenters. The number of nitrogens with zero attached hydrogens (tertiary/aromatic N) is 3. The molecule has 2 heterocycles. The van der Waals surface area contributed by atoms with E-state index in [4.69, 9.17) is 19.3 Å². The summed E-state index contributed by atoms with van der Waals surface area (Å²) in [6.07, 6.45) is 5.69. The first-order valence-corrected chi connectivity index (χ1v) is 13.3. The minimum absolute atomic E-state index is 0.171. The van der Waals surface area contributed by atoms with E-state index in [9.17, 15) is 9.59 Å². The Labute approximate surface area is 227 Å². The van der Waals surface area contributed by atoms with Crippen molar-refractivity contribution in [3.05, 3.63) is 83.7 Å². The molecule has 202 valence electrons. The van der Waals surface area contributed by atoms with Crippen LogP contribution in [0.4, 0.5) is 10.5 Å². The molecule has 9 heteroatoms. The van der Waals surface area contributed by atoms with Gasteiger partial charge >= 0.3 is 6.09 Å². The number of pyridine rings is 1. The van der Waals surface area contributed by atoms with Crippen molar-refractivity contribution in [2.45, 2.75) is 57.8 Å². The van der Waals surface area contributed by atoms with Gasteiger partial charge in [-0.2, -0.15) is 10.1 Å². The molecule has 3 aromatic rings. The predicted molar refractivity (Wildman–Crippen MR) is 147 cm³/mol. The molecule has 1 unspecified atom stereocenters. The van der Waals surface area contributed by atoms with Crippen LogP contribution in [0.15, 0.2) is 72.0 Å². The molecular formula is C30H32N4O5. The van der Waals surface area contributed by atoms with Crippen LogP contribution in [-0.4, -0.2) is 47.0 Å². The van der Waals surface area contributed by atoms with Crippen molar-refractivity contribution < 1.29 is 23.8 Å². The van der Waals surface area contributed by atoms with E-state index in [1.54, 1.807) is 43.6 Å². The Balaban J connectivity index is 1.37. The fourth-order valence-electron chi connectivity index (χ4n) is 4.82. The van der Waals surface area contributed by atoms with Crippen molar-refractivity contribution in [2.24, 2.45) is 5.10 Å². The van der Waals surface area contributed by atoms with Crippen LogP contribution in [0.3, 0.4) is 0 Å². The fraction of sp³-hybridized carbons (Fsp3) is 0.333. The highest BCUT2D eigenvalue weighted by atomic mass is 16.6. The van der Waals surface area contributed by atoms with Crippen molar-refractivity contribution in [3.63, 3.8) is 0 Å². The van der Waals surface area contributed by atoms with E-state index in [1.165, 1.54) is 5.01 Å². The molecule has 1 aliphatic heterocycles. The van der Waals surface area contributed by atoms with Crippen LogP contribution in [0.1, 0.15) is 60.6 Å². The van der Waals surface area contributed by atoms with Crippen molar-refractivity contribution in [2.75, 3.05) is 12.4 Å². The molecule has 0 radical (unpaired) electrons. The second-order valence-electron chi connectivity index (χ2n) is 9.58. The number of carbonyl (C=O) groups excluding carboxylic acids is 2. The van der Waals surface area contributed by atoms with Gasteiger partial charge in [0.05, 0.1) is 19.8 Å². The Bertz CT molecular complexity index is 1350. The average molecular weight is 529 g/mol. The number of anilines is 1. The first-order valence-electron chi connectivity index (χ1n) is 13.3. The third-order valence-corrected chi connectivity index (χ3v) is 6.83. The van der Waals surface area contributed by atoms with Crippen molar-refractivity contribution in [3.8, 4) is 11.5 Å². The predicted octanol–water partition coefficient (Wildman–Crippen LogP) is 5.80. The van der Waals surface area contributed by atoms with E-state index in [2.05, 4.69) is 10.3 Å². The molecule has 9 nitrogen and oxygen atoms in total. The van der Waals surface area contributed by atoms with Crippen molar-refractivity contribution >= 4 is 23.4 Å². The molecule has 0 bridgehead atoms. The summed E-state index contributed by atoms with van der Waals surface area (Å²) in [5.41, 5.74) is 3.15. The number of hydrazone groups is 1. The topological polar surface area (TPSA) is 102 Å². The lowest BCUT2D eigenvalue weighted by Gasteiger charge is -2.29. The van der Waals surface area contributed by atoms with Gasteiger partial charge < -0.3 is 19.5 Å². The fourth-order valence-corrected chi connectivity index (χ4v) is 4.82. The minimum Gasteiger partial charge on any atom is -0.493 e. The van der Waals surface area contributed by atoms with Crippen LogP contribution < -0.4 is 14.8 Å². The van der Waals surface area contributed by atoms with E-state index >= 15 is 0 Å². The van der Waals surface area contributed by atoms with Gasteiger partial charge in [0.2, 0.25) is 0 Å². The Morgan fingerprint density at radius 3 is 2.67 bits per heavy atom. The van der Waals surface area contributed by atoms with Crippen LogP contribution in [0.2, 0.25) is 0 Å². The molecule has 1 N–H and O–H groups in total. The molecule has 1 aliphatic carbocycles. The zero-order valence-electron chi connectivity index (χ0n) is 22.1. The maximum atomic E-state index is 12.9. The highest BCUT2D eigenvalue weighted by Crippen LogP contribution is 2.34. The quantitative estimate of drug-likeness (QED) is 0.377. The molecule has 1 saturated carbocycles. The van der Waals surface area contributed by atoms with Gasteiger partial charge in [0.15, 0.2) is 11.5 Å². The van der Waals surface area contributed by atoms with Crippen molar-refractivity contribution in [1.82, 2.24) is 9.99 Å². The zero-order chi connectivity index (χ0) is 27.2. The molecule has 1 fully saturated rings. The lowest BCUT2D eigenvalue weighted by Crippen LogP contribution is -2.41. The lowest BCUT2D eigenvalue weighted by atomic mass is 10.0. The van der Waals surface area contributed by atoms with E-state index in [1.807, 2.05) is 37.3 Å². The molecule has 0 saturated heterocycles. The summed E-state index contributed by atoms with van der Waals surface area (Å²) in [4.78, 5) is 29.5. The molecule has 2 amide bonds. The highest BCUT2D eigenvalue weighted by molar-refractivity contribution is 6.06. The van der Waals surface area contributed by atoms with Gasteiger partial charge in [-0.05, 0) is 80.1 Å². The first-order chi connectivity index (χ1) is 19.0. The van der Waals surface area contributed by atoms with Crippen molar-refractivity contribution in [1.29, 1.82) is 0 Å². The third kappa shape index (κ3) is 6.19. The van der Waals surface area contributed by atoms with Gasteiger partial charge in [-0.15, -0.1) is 0 Å². The largest absolute Gasteiger partial charge is 0.493 e. The Kier molecular flexibility index (Phi) is 8.05. The number of methoxy groups -OCH3 is 1. The summed E-state index contributed by atoms with van der Waals surface area (Å²) < 4.78 is 17.6. The summed E-state index contributed by atoms with van der Waals surface area (Å²) >= 11 is 0. The Hall–Kier alpha value is -4.40. The highest BCUT2D eigenvalue weighted by Gasteiger charge is 2.31. The molecule has 5 rings (SSSR count). The summed E-state index contributed by atoms with van der Waals surface area (Å²) in [5.74, 6) is 1.01. The number of aromatic nitrogens is 1. The van der Waals surface area contributed by atoms with Gasteiger partial charge in [0.25, 0.3) is 5.91 Å². The first kappa shape index (κ1) is 26.2. The van der Waals surface area contributed by atoms with Gasteiger partial charge in [-0.3, -0.25) is 9.78 Å². The lowest BCUT2D eigenvalue weighted by molar-refractivity contribution is 0.0712. The van der Waals surface area contributed by atoms with Gasteiger partial charge in [-0.1, -0.05) is 25.1 Å². The maximum Gasteiger partial charge on any atom is 0.431 e. The van der Waals surface area contributed by atoms with E-state index in [-0.39, 0.29) is 18.6 Å². The summed E-state index contributed by atoms with van der Waals surface area (Å²) in [5, 5.41) is 8.88. The second kappa shape index (κ2) is 12.0. The molecule has 2 aliphatic rings. The number of nitrogens with one attached hydrogen (secondary N) is 1. The van der Waals surface area contributed by atoms with E-state index < -0.39 is 12.2 Å². The smallest absolute Gasteiger partial charge is 0.431 e. The summed E-state index contributed by atoms with van der Waals surface area (Å²) in [7, 11) is 1.62. The van der Waals surface area contributed by atoms with Crippen LogP contribution in [0.25, 0.3) is 0 Å². The molecule has 2 aromatic carbocycles. The van der Waals surface area contributed by atoms with Gasteiger partial charge in [0.1, 0.15) is 17.5 Å². The van der Waals surface area contributed by atoms with Crippen LogP contribution in [0.5, 0.6) is 11.5 Å². The number of amides is 2. The van der Waals surface area contributed by atoms with E-state index in [0.717, 1.165) is 36.8 Å². The number of benzene rings is 2. The average Bonchev–Trinajstić information content (AvgIpc) is 3.47. The molecular weight excluding hydrogens is 496 g/mol. The molecule has 0 spiro atoms. The van der Waals surface area contributed by atoms with Crippen LogP contribution in [-0.2, 0) is 11.3 Å². The standard InChI is InChI=1S/C30H32N4O5/c1-3-25-28(21-14-15-26(37-2)27(18-21)38-23-11-4-5-12-23)33-34(30(36)39-25)19-20-9-8-10-22(17-20)32-29(35)24-13-6-7-16-31-24/h6-10,13-18,23,25H,3-5,11-12,19H2,1-2H3,(H,32,35). The SMILES string of the molecule is CCC1OC(=O)N(Cc2cccc(NC(=O)c3ccccn3)c2)N=C1c1ccc(OC)c(OC2CCCC2)c1. The Morgan fingerprint density at radius 1 is 1.08 bits per heavy atom. The number of ether oxygens (including phenoxy) is 3. The number of rotatable bonds is 9. The third-order valence-electron chi connectivity index (χ3n) is 6.83. The number of carbonyl (C=O) groups is 2. The summed E-state index contributed by atoms with van der Waals surface area (Å²) in [6, 6.07) is 18.1. The zero-order valence-corrected chi connectivity index (χ0v) is 22.1. The monoisotopic (exact) mass is 528 g/mol. The van der Waals surface area contributed by atoms with Gasteiger partial charge in [-0.25, -0.2) is 4.79 Å². The summed E-state index contributed by atoms with van der Waals surface area (Å²) in [6.45, 7) is 2.13. The van der Waals surface area contributed by atoms with Gasteiger partial charge in [0, 0.05) is 17.4 Å². The second-order valence-corrected chi connectivity index (χ2v) is 9.58. The maximum absolute atomic E-state index is 12.9. The van der Waals surface area contributed by atoms with Crippen LogP contribution in [0, 0.1) is 0 Å². The Morgan fingerprint density at radius 2 is 1.92 bits per heavy atom. The number of hydrogen-bond acceptors (Lipinski definition) is 7. The molecule has 1 aromatic heterocycles. The number of hydrogen-bond donors (Lipinski definition) is 1. The van der Waals surface area contributed by atoms with E-state index in [0.29, 0.717) is 35.0 Å². The molecule has 39 heavy (non-hydrogen) atoms.